The number of amides is 1. The lowest BCUT2D eigenvalue weighted by molar-refractivity contribution is 0.0293. The molecule has 0 aliphatic carbocycles. The largest absolute Gasteiger partial charge is 0.444 e. The third kappa shape index (κ3) is 4.12. The minimum atomic E-state index is -0.529. The van der Waals surface area contributed by atoms with Gasteiger partial charge >= 0.3 is 6.09 Å². The molecule has 1 amide bonds. The van der Waals surface area contributed by atoms with Crippen molar-refractivity contribution in [2.24, 2.45) is 0 Å². The molecular formula is C22H25N5O3. The van der Waals surface area contributed by atoms with E-state index in [9.17, 15) is 9.59 Å². The Morgan fingerprint density at radius 3 is 2.70 bits per heavy atom. The summed E-state index contributed by atoms with van der Waals surface area (Å²) in [6.45, 7) is 6.67. The van der Waals surface area contributed by atoms with Crippen molar-refractivity contribution < 1.29 is 14.3 Å². The number of benzene rings is 1. The summed E-state index contributed by atoms with van der Waals surface area (Å²) in [6.07, 6.45) is 3.57. The molecule has 0 radical (unpaired) electrons. The van der Waals surface area contributed by atoms with E-state index in [1.807, 2.05) is 39.0 Å². The van der Waals surface area contributed by atoms with Crippen molar-refractivity contribution in [2.75, 3.05) is 18.4 Å². The van der Waals surface area contributed by atoms with E-state index in [2.05, 4.69) is 20.3 Å². The van der Waals surface area contributed by atoms with Gasteiger partial charge in [0.1, 0.15) is 23.4 Å². The highest BCUT2D eigenvalue weighted by Gasteiger charge is 2.30. The zero-order chi connectivity index (χ0) is 21.3. The van der Waals surface area contributed by atoms with Crippen molar-refractivity contribution in [3.63, 3.8) is 0 Å². The van der Waals surface area contributed by atoms with Crippen LogP contribution in [0.25, 0.3) is 11.0 Å². The molecule has 0 spiro atoms. The molecule has 1 saturated heterocycles. The molecule has 156 valence electrons. The molecule has 1 fully saturated rings. The number of rotatable bonds is 4. The number of carbonyl (C=O) groups excluding carboxylic acids is 2. The second-order valence-corrected chi connectivity index (χ2v) is 8.40. The number of ketones is 1. The Labute approximate surface area is 174 Å². The van der Waals surface area contributed by atoms with Gasteiger partial charge in [-0.15, -0.1) is 0 Å². The van der Waals surface area contributed by atoms with Crippen LogP contribution in [0.3, 0.4) is 0 Å². The van der Waals surface area contributed by atoms with Gasteiger partial charge in [0.15, 0.2) is 5.78 Å². The maximum atomic E-state index is 13.0. The predicted molar refractivity (Wildman–Crippen MR) is 114 cm³/mol. The zero-order valence-electron chi connectivity index (χ0n) is 17.3. The highest BCUT2D eigenvalue weighted by Crippen LogP contribution is 2.27. The maximum Gasteiger partial charge on any atom is 0.410 e. The molecule has 1 aliphatic heterocycles. The molecule has 8 nitrogen and oxygen atoms in total. The van der Waals surface area contributed by atoms with Gasteiger partial charge in [-0.2, -0.15) is 0 Å². The first-order valence-corrected chi connectivity index (χ1v) is 9.98. The number of anilines is 1. The molecule has 0 saturated carbocycles. The molecule has 1 aromatic carbocycles. The van der Waals surface area contributed by atoms with Crippen LogP contribution in [0.1, 0.15) is 43.1 Å². The first-order chi connectivity index (χ1) is 14.3. The van der Waals surface area contributed by atoms with Crippen LogP contribution in [0, 0.1) is 0 Å². The second kappa shape index (κ2) is 7.78. The Balaban J connectivity index is 1.55. The van der Waals surface area contributed by atoms with Gasteiger partial charge < -0.3 is 19.9 Å². The summed E-state index contributed by atoms with van der Waals surface area (Å²) in [6, 6.07) is 9.12. The Morgan fingerprint density at radius 2 is 1.97 bits per heavy atom. The van der Waals surface area contributed by atoms with E-state index in [-0.39, 0.29) is 17.9 Å². The molecular weight excluding hydrogens is 382 g/mol. The first kappa shape index (κ1) is 19.9. The number of aromatic amines is 1. The van der Waals surface area contributed by atoms with Crippen LogP contribution in [0.4, 0.5) is 10.6 Å². The second-order valence-electron chi connectivity index (χ2n) is 8.40. The molecule has 0 bridgehead atoms. The summed E-state index contributed by atoms with van der Waals surface area (Å²) in [5, 5.41) is 4.05. The fourth-order valence-electron chi connectivity index (χ4n) is 3.56. The van der Waals surface area contributed by atoms with Crippen molar-refractivity contribution in [1.82, 2.24) is 19.9 Å². The maximum absolute atomic E-state index is 13.0. The van der Waals surface area contributed by atoms with Gasteiger partial charge in [-0.25, -0.2) is 14.8 Å². The van der Waals surface area contributed by atoms with Gasteiger partial charge in [-0.3, -0.25) is 4.79 Å². The Kier molecular flexibility index (Phi) is 5.15. The van der Waals surface area contributed by atoms with Crippen LogP contribution in [0.5, 0.6) is 0 Å². The monoisotopic (exact) mass is 407 g/mol. The highest BCUT2D eigenvalue weighted by atomic mass is 16.6. The lowest BCUT2D eigenvalue weighted by atomic mass is 10.0. The average molecular weight is 407 g/mol. The third-order valence-electron chi connectivity index (χ3n) is 4.93. The molecule has 2 aromatic heterocycles. The third-order valence-corrected chi connectivity index (χ3v) is 4.93. The van der Waals surface area contributed by atoms with Crippen molar-refractivity contribution in [3.05, 3.63) is 54.0 Å². The number of ether oxygens (including phenoxy) is 1. The Bertz CT molecular complexity index is 1070. The van der Waals surface area contributed by atoms with E-state index >= 15 is 0 Å². The number of H-pyrrole nitrogens is 1. The molecule has 30 heavy (non-hydrogen) atoms. The molecule has 4 rings (SSSR count). The minimum absolute atomic E-state index is 0.00481. The first-order valence-electron chi connectivity index (χ1n) is 9.98. The van der Waals surface area contributed by atoms with E-state index in [4.69, 9.17) is 4.74 Å². The fourth-order valence-corrected chi connectivity index (χ4v) is 3.56. The van der Waals surface area contributed by atoms with Crippen LogP contribution in [-0.4, -0.2) is 56.5 Å². The summed E-state index contributed by atoms with van der Waals surface area (Å²) < 4.78 is 5.46. The number of hydrogen-bond acceptors (Lipinski definition) is 6. The summed E-state index contributed by atoms with van der Waals surface area (Å²) in [4.78, 5) is 38.7. The lowest BCUT2D eigenvalue weighted by Gasteiger charge is -2.24. The van der Waals surface area contributed by atoms with Crippen LogP contribution < -0.4 is 5.32 Å². The predicted octanol–water partition coefficient (Wildman–Crippen LogP) is 3.61. The highest BCUT2D eigenvalue weighted by molar-refractivity contribution is 6.17. The Hall–Kier alpha value is -3.42. The lowest BCUT2D eigenvalue weighted by Crippen LogP contribution is -2.36. The van der Waals surface area contributed by atoms with Gasteiger partial charge in [0.05, 0.1) is 10.9 Å². The van der Waals surface area contributed by atoms with Gasteiger partial charge in [0.25, 0.3) is 0 Å². The van der Waals surface area contributed by atoms with Gasteiger partial charge in [0.2, 0.25) is 0 Å². The van der Waals surface area contributed by atoms with Gasteiger partial charge in [-0.05, 0) is 27.2 Å². The average Bonchev–Trinajstić information content (AvgIpc) is 3.34. The molecule has 2 N–H and O–H groups in total. The smallest absolute Gasteiger partial charge is 0.410 e. The van der Waals surface area contributed by atoms with Gasteiger partial charge in [0, 0.05) is 30.9 Å². The van der Waals surface area contributed by atoms with Crippen LogP contribution >= 0.6 is 0 Å². The number of nitrogens with zero attached hydrogens (tertiary/aromatic N) is 3. The van der Waals surface area contributed by atoms with Crippen molar-refractivity contribution in [1.29, 1.82) is 0 Å². The standard InChI is InChI=1S/C22H25N5O3/c1-22(2,3)30-21(29)27-10-9-15(12-27)26-20-17-16(11-23-19(17)24-13-25-20)18(28)14-7-5-4-6-8-14/h4-8,11,13,15H,9-10,12H2,1-3H3,(H2,23,24,25,26). The molecule has 1 atom stereocenters. The van der Waals surface area contributed by atoms with Crippen LogP contribution in [-0.2, 0) is 4.74 Å². The summed E-state index contributed by atoms with van der Waals surface area (Å²) in [7, 11) is 0. The number of aromatic nitrogens is 3. The van der Waals surface area contributed by atoms with Crippen molar-refractivity contribution >= 4 is 28.7 Å². The molecule has 8 heteroatoms. The Morgan fingerprint density at radius 1 is 1.20 bits per heavy atom. The molecule has 3 heterocycles. The number of fused-ring (bicyclic) bond motifs is 1. The normalized spacial score (nSPS) is 16.6. The molecule has 1 aliphatic rings. The van der Waals surface area contributed by atoms with Crippen LogP contribution in [0.15, 0.2) is 42.9 Å². The van der Waals surface area contributed by atoms with Crippen molar-refractivity contribution in [2.45, 2.75) is 38.8 Å². The fraction of sp³-hybridized carbons (Fsp3) is 0.364. The number of likely N-dealkylation sites (tertiary alicyclic amines) is 1. The minimum Gasteiger partial charge on any atom is -0.444 e. The number of hydrogen-bond donors (Lipinski definition) is 2. The topological polar surface area (TPSA) is 100 Å². The van der Waals surface area contributed by atoms with E-state index in [1.54, 1.807) is 23.2 Å². The van der Waals surface area contributed by atoms with E-state index in [0.29, 0.717) is 41.1 Å². The SMILES string of the molecule is CC(C)(C)OC(=O)N1CCC(Nc2ncnc3[nH]cc(C(=O)c4ccccc4)c23)C1. The zero-order valence-corrected chi connectivity index (χ0v) is 17.3. The summed E-state index contributed by atoms with van der Waals surface area (Å²) >= 11 is 0. The molecule has 3 aromatic rings. The summed E-state index contributed by atoms with van der Waals surface area (Å²) in [5.74, 6) is 0.484. The van der Waals surface area contributed by atoms with Gasteiger partial charge in [-0.1, -0.05) is 30.3 Å². The van der Waals surface area contributed by atoms with E-state index < -0.39 is 5.60 Å². The number of nitrogens with one attached hydrogen (secondary N) is 2. The van der Waals surface area contributed by atoms with Crippen molar-refractivity contribution in [3.8, 4) is 0 Å². The van der Waals surface area contributed by atoms with Crippen LogP contribution in [0.2, 0.25) is 0 Å². The molecule has 1 unspecified atom stereocenters. The van der Waals surface area contributed by atoms with E-state index in [1.165, 1.54) is 6.33 Å². The summed E-state index contributed by atoms with van der Waals surface area (Å²) in [5.41, 5.74) is 1.18. The quantitative estimate of drug-likeness (QED) is 0.641. The number of carbonyl (C=O) groups is 2. The van der Waals surface area contributed by atoms with E-state index in [0.717, 1.165) is 6.42 Å².